The third-order valence-electron chi connectivity index (χ3n) is 6.87. The van der Waals surface area contributed by atoms with Crippen LogP contribution in [0.5, 0.6) is 5.75 Å². The van der Waals surface area contributed by atoms with Gasteiger partial charge in [0.2, 0.25) is 0 Å². The van der Waals surface area contributed by atoms with Crippen molar-refractivity contribution in [3.63, 3.8) is 0 Å². The van der Waals surface area contributed by atoms with Gasteiger partial charge in [-0.15, -0.1) is 0 Å². The number of fused-ring (bicyclic) bond motifs is 3. The molecule has 6 heteroatoms. The summed E-state index contributed by atoms with van der Waals surface area (Å²) in [7, 11) is 1.65. The maximum atomic E-state index is 12.3. The Kier molecular flexibility index (Phi) is 7.36. The number of hydrogen-bond donors (Lipinski definition) is 1. The number of methoxy groups -OCH3 is 1. The van der Waals surface area contributed by atoms with Crippen LogP contribution >= 0.6 is 0 Å². The van der Waals surface area contributed by atoms with Crippen molar-refractivity contribution in [3.05, 3.63) is 65.4 Å². The Morgan fingerprint density at radius 2 is 1.85 bits per heavy atom. The van der Waals surface area contributed by atoms with Crippen molar-refractivity contribution in [2.45, 2.75) is 51.8 Å². The van der Waals surface area contributed by atoms with E-state index in [0.29, 0.717) is 26.2 Å². The molecule has 2 unspecified atom stereocenters. The van der Waals surface area contributed by atoms with E-state index >= 15 is 0 Å². The van der Waals surface area contributed by atoms with E-state index in [1.54, 1.807) is 7.11 Å². The van der Waals surface area contributed by atoms with Crippen LogP contribution in [-0.4, -0.2) is 47.3 Å². The lowest BCUT2D eigenvalue weighted by Crippen LogP contribution is -2.34. The fraction of sp³-hybridized carbons (Fsp3) is 0.444. The Balaban J connectivity index is 1.77. The molecule has 0 radical (unpaired) electrons. The molecule has 1 heterocycles. The predicted molar refractivity (Wildman–Crippen MR) is 130 cm³/mol. The van der Waals surface area contributed by atoms with E-state index < -0.39 is 11.9 Å². The fourth-order valence-corrected chi connectivity index (χ4v) is 5.33. The first-order valence-corrected chi connectivity index (χ1v) is 11.9. The summed E-state index contributed by atoms with van der Waals surface area (Å²) in [6.07, 6.45) is 1.46. The number of aromatic nitrogens is 1. The smallest absolute Gasteiger partial charge is 0.311 e. The minimum absolute atomic E-state index is 0.178. The molecular weight excluding hydrogens is 416 g/mol. The van der Waals surface area contributed by atoms with E-state index in [2.05, 4.69) is 41.5 Å². The highest BCUT2D eigenvalue weighted by molar-refractivity contribution is 5.96. The van der Waals surface area contributed by atoms with Gasteiger partial charge in [-0.2, -0.15) is 0 Å². The standard InChI is InChI=1S/C27H34N2O4/c1-4-28(5-2)22-15-14-20(27(30)31)24-25-21(12-9-13-23(25)32-3)29(26(22)24)16-17-33-18-19-10-7-6-8-11-19/h6-13,20,22H,4-5,14-18H2,1-3H3,(H,30,31). The van der Waals surface area contributed by atoms with Gasteiger partial charge in [0.25, 0.3) is 0 Å². The second kappa shape index (κ2) is 10.4. The molecule has 2 aromatic carbocycles. The molecule has 0 amide bonds. The number of carbonyl (C=O) groups is 1. The second-order valence-corrected chi connectivity index (χ2v) is 8.55. The maximum absolute atomic E-state index is 12.3. The minimum atomic E-state index is -0.764. The molecular formula is C27H34N2O4. The van der Waals surface area contributed by atoms with Gasteiger partial charge in [-0.1, -0.05) is 50.2 Å². The number of benzene rings is 2. The van der Waals surface area contributed by atoms with Crippen LogP contribution in [0.4, 0.5) is 0 Å². The maximum Gasteiger partial charge on any atom is 0.311 e. The Morgan fingerprint density at radius 1 is 1.09 bits per heavy atom. The minimum Gasteiger partial charge on any atom is -0.496 e. The highest BCUT2D eigenvalue weighted by Gasteiger charge is 2.39. The molecule has 6 nitrogen and oxygen atoms in total. The summed E-state index contributed by atoms with van der Waals surface area (Å²) < 4.78 is 14.0. The Hall–Kier alpha value is -2.83. The van der Waals surface area contributed by atoms with Gasteiger partial charge in [0.15, 0.2) is 0 Å². The van der Waals surface area contributed by atoms with E-state index in [-0.39, 0.29) is 6.04 Å². The van der Waals surface area contributed by atoms with Gasteiger partial charge in [0.05, 0.1) is 37.8 Å². The largest absolute Gasteiger partial charge is 0.496 e. The lowest BCUT2D eigenvalue weighted by Gasteiger charge is -2.36. The molecule has 1 aliphatic carbocycles. The number of ether oxygens (including phenoxy) is 2. The van der Waals surface area contributed by atoms with E-state index in [0.717, 1.165) is 53.0 Å². The van der Waals surface area contributed by atoms with Crippen molar-refractivity contribution in [3.8, 4) is 5.75 Å². The first-order chi connectivity index (χ1) is 16.1. The summed E-state index contributed by atoms with van der Waals surface area (Å²) in [6.45, 7) is 7.94. The average Bonchev–Trinajstić information content (AvgIpc) is 3.18. The van der Waals surface area contributed by atoms with Crippen molar-refractivity contribution >= 4 is 16.9 Å². The van der Waals surface area contributed by atoms with Crippen LogP contribution in [0, 0.1) is 0 Å². The van der Waals surface area contributed by atoms with Gasteiger partial charge in [0.1, 0.15) is 5.75 Å². The number of carboxylic acid groups (broad SMARTS) is 1. The van der Waals surface area contributed by atoms with Crippen LogP contribution < -0.4 is 4.74 Å². The zero-order valence-corrected chi connectivity index (χ0v) is 19.8. The Labute approximate surface area is 195 Å². The van der Waals surface area contributed by atoms with Crippen molar-refractivity contribution in [2.24, 2.45) is 0 Å². The van der Waals surface area contributed by atoms with E-state index in [4.69, 9.17) is 9.47 Å². The average molecular weight is 451 g/mol. The zero-order valence-electron chi connectivity index (χ0n) is 19.8. The van der Waals surface area contributed by atoms with E-state index in [1.807, 2.05) is 30.3 Å². The van der Waals surface area contributed by atoms with E-state index in [9.17, 15) is 9.90 Å². The molecule has 3 aromatic rings. The molecule has 1 aromatic heterocycles. The van der Waals surface area contributed by atoms with Crippen LogP contribution in [0.1, 0.15) is 55.5 Å². The third kappa shape index (κ3) is 4.50. The summed E-state index contributed by atoms with van der Waals surface area (Å²) in [6, 6.07) is 16.3. The Bertz CT molecular complexity index is 1090. The summed E-state index contributed by atoms with van der Waals surface area (Å²) in [5.74, 6) is -0.559. The van der Waals surface area contributed by atoms with Gasteiger partial charge in [-0.3, -0.25) is 9.69 Å². The molecule has 0 spiro atoms. The first kappa shape index (κ1) is 23.3. The monoisotopic (exact) mass is 450 g/mol. The van der Waals surface area contributed by atoms with E-state index in [1.165, 1.54) is 0 Å². The van der Waals surface area contributed by atoms with Gasteiger partial charge in [-0.25, -0.2) is 0 Å². The van der Waals surface area contributed by atoms with Crippen LogP contribution in [0.2, 0.25) is 0 Å². The number of hydrogen-bond acceptors (Lipinski definition) is 4. The first-order valence-electron chi connectivity index (χ1n) is 11.9. The summed E-state index contributed by atoms with van der Waals surface area (Å²) in [4.78, 5) is 14.7. The SMILES string of the molecule is CCN(CC)C1CCC(C(=O)O)c2c1n(CCOCc1ccccc1)c1cccc(OC)c21. The van der Waals surface area contributed by atoms with Crippen LogP contribution in [-0.2, 0) is 22.7 Å². The molecule has 2 atom stereocenters. The molecule has 1 aliphatic rings. The normalized spacial score (nSPS) is 17.9. The summed E-state index contributed by atoms with van der Waals surface area (Å²) >= 11 is 0. The molecule has 0 saturated heterocycles. The third-order valence-corrected chi connectivity index (χ3v) is 6.87. The fourth-order valence-electron chi connectivity index (χ4n) is 5.33. The molecule has 4 rings (SSSR count). The lowest BCUT2D eigenvalue weighted by atomic mass is 9.81. The number of nitrogens with zero attached hydrogens (tertiary/aromatic N) is 2. The van der Waals surface area contributed by atoms with Crippen molar-refractivity contribution in [1.29, 1.82) is 0 Å². The number of aliphatic carboxylic acids is 1. The zero-order chi connectivity index (χ0) is 23.4. The number of carboxylic acids is 1. The van der Waals surface area contributed by atoms with Gasteiger partial charge in [0, 0.05) is 23.2 Å². The molecule has 0 aliphatic heterocycles. The molecule has 0 bridgehead atoms. The van der Waals surface area contributed by atoms with Gasteiger partial charge < -0.3 is 19.1 Å². The van der Waals surface area contributed by atoms with Crippen molar-refractivity contribution in [2.75, 3.05) is 26.8 Å². The lowest BCUT2D eigenvalue weighted by molar-refractivity contribution is -0.139. The molecule has 0 fully saturated rings. The summed E-state index contributed by atoms with van der Waals surface area (Å²) in [5, 5.41) is 11.0. The molecule has 0 saturated carbocycles. The van der Waals surface area contributed by atoms with Gasteiger partial charge >= 0.3 is 5.97 Å². The van der Waals surface area contributed by atoms with Crippen molar-refractivity contribution < 1.29 is 19.4 Å². The highest BCUT2D eigenvalue weighted by atomic mass is 16.5. The molecule has 176 valence electrons. The Morgan fingerprint density at radius 3 is 2.52 bits per heavy atom. The second-order valence-electron chi connectivity index (χ2n) is 8.55. The van der Waals surface area contributed by atoms with Gasteiger partial charge in [-0.05, 0) is 43.6 Å². The number of rotatable bonds is 10. The predicted octanol–water partition coefficient (Wildman–Crippen LogP) is 5.21. The summed E-state index contributed by atoms with van der Waals surface area (Å²) in [5.41, 5.74) is 4.19. The molecule has 1 N–H and O–H groups in total. The topological polar surface area (TPSA) is 63.9 Å². The highest BCUT2D eigenvalue weighted by Crippen LogP contribution is 2.48. The van der Waals surface area contributed by atoms with Crippen LogP contribution in [0.3, 0.4) is 0 Å². The molecule has 33 heavy (non-hydrogen) atoms. The van der Waals surface area contributed by atoms with Crippen LogP contribution in [0.25, 0.3) is 10.9 Å². The van der Waals surface area contributed by atoms with Crippen molar-refractivity contribution in [1.82, 2.24) is 9.47 Å². The quantitative estimate of drug-likeness (QED) is 0.430. The van der Waals surface area contributed by atoms with Crippen LogP contribution in [0.15, 0.2) is 48.5 Å².